The highest BCUT2D eigenvalue weighted by molar-refractivity contribution is 7.89. The first-order valence-corrected chi connectivity index (χ1v) is 12.4. The lowest BCUT2D eigenvalue weighted by atomic mass is 9.99. The SMILES string of the molecule is Cc1cc(S(=O)(=O)NCC(=O)Nc2ccc(Cl)cc2C(O)c2ccccc2Cl)c(C)cc1Cl. The van der Waals surface area contributed by atoms with Gasteiger partial charge >= 0.3 is 0 Å². The van der Waals surface area contributed by atoms with Crippen LogP contribution >= 0.6 is 34.8 Å². The van der Waals surface area contributed by atoms with Gasteiger partial charge in [0.05, 0.1) is 11.4 Å². The van der Waals surface area contributed by atoms with Gasteiger partial charge in [-0.15, -0.1) is 0 Å². The third kappa shape index (κ3) is 6.06. The van der Waals surface area contributed by atoms with Gasteiger partial charge in [-0.2, -0.15) is 0 Å². The molecule has 174 valence electrons. The first kappa shape index (κ1) is 25.5. The van der Waals surface area contributed by atoms with E-state index in [2.05, 4.69) is 10.0 Å². The maximum atomic E-state index is 12.7. The Labute approximate surface area is 207 Å². The summed E-state index contributed by atoms with van der Waals surface area (Å²) in [5.41, 5.74) is 2.09. The van der Waals surface area contributed by atoms with Crippen LogP contribution in [0, 0.1) is 13.8 Å². The Morgan fingerprint density at radius 1 is 0.939 bits per heavy atom. The highest BCUT2D eigenvalue weighted by Gasteiger charge is 2.21. The Morgan fingerprint density at radius 2 is 1.64 bits per heavy atom. The van der Waals surface area contributed by atoms with Crippen LogP contribution in [-0.2, 0) is 14.8 Å². The number of rotatable bonds is 7. The number of carbonyl (C=O) groups excluding carboxylic acids is 1. The number of hydrogen-bond donors (Lipinski definition) is 3. The van der Waals surface area contributed by atoms with Crippen molar-refractivity contribution in [3.05, 3.63) is 91.9 Å². The maximum Gasteiger partial charge on any atom is 0.241 e. The molecule has 3 aromatic carbocycles. The van der Waals surface area contributed by atoms with E-state index in [0.717, 1.165) is 0 Å². The zero-order chi connectivity index (χ0) is 24.3. The molecule has 0 bridgehead atoms. The number of halogens is 3. The van der Waals surface area contributed by atoms with Gasteiger partial charge in [0, 0.05) is 31.9 Å². The van der Waals surface area contributed by atoms with Crippen LogP contribution in [0.15, 0.2) is 59.5 Å². The second-order valence-electron chi connectivity index (χ2n) is 7.40. The van der Waals surface area contributed by atoms with E-state index in [1.54, 1.807) is 50.2 Å². The van der Waals surface area contributed by atoms with Crippen LogP contribution in [0.2, 0.25) is 15.1 Å². The predicted octanol–water partition coefficient (Wildman–Crippen LogP) is 5.26. The fourth-order valence-electron chi connectivity index (χ4n) is 3.21. The standard InChI is InChI=1S/C23H21Cl3N2O4S/c1-13-10-21(14(2)9-19(13)26)33(31,32)27-12-22(29)28-20-8-7-15(24)11-17(20)23(30)16-5-3-4-6-18(16)25/h3-11,23,27,30H,12H2,1-2H3,(H,28,29). The zero-order valence-electron chi connectivity index (χ0n) is 17.7. The molecule has 0 spiro atoms. The highest BCUT2D eigenvalue weighted by Crippen LogP contribution is 2.34. The third-order valence-electron chi connectivity index (χ3n) is 4.95. The number of aliphatic hydroxyl groups excluding tert-OH is 1. The Morgan fingerprint density at radius 3 is 2.33 bits per heavy atom. The normalized spacial score (nSPS) is 12.4. The van der Waals surface area contributed by atoms with Crippen LogP contribution in [0.5, 0.6) is 0 Å². The van der Waals surface area contributed by atoms with Gasteiger partial charge in [-0.3, -0.25) is 4.79 Å². The molecule has 0 aliphatic rings. The van der Waals surface area contributed by atoms with Crippen LogP contribution in [0.4, 0.5) is 5.69 Å². The molecular formula is C23H21Cl3N2O4S. The van der Waals surface area contributed by atoms with Crippen molar-refractivity contribution in [3.63, 3.8) is 0 Å². The fraction of sp³-hybridized carbons (Fsp3) is 0.174. The first-order valence-electron chi connectivity index (χ1n) is 9.78. The number of aryl methyl sites for hydroxylation is 2. The van der Waals surface area contributed by atoms with Crippen LogP contribution in [0.3, 0.4) is 0 Å². The molecule has 0 radical (unpaired) electrons. The topological polar surface area (TPSA) is 95.5 Å². The molecule has 0 aliphatic carbocycles. The number of nitrogens with one attached hydrogen (secondary N) is 2. The van der Waals surface area contributed by atoms with Gasteiger partial charge in [0.25, 0.3) is 0 Å². The summed E-state index contributed by atoms with van der Waals surface area (Å²) < 4.78 is 27.7. The molecule has 0 saturated carbocycles. The van der Waals surface area contributed by atoms with Crippen molar-refractivity contribution in [2.45, 2.75) is 24.8 Å². The second kappa shape index (κ2) is 10.4. The van der Waals surface area contributed by atoms with Crippen molar-refractivity contribution >= 4 is 56.4 Å². The van der Waals surface area contributed by atoms with Crippen LogP contribution in [-0.4, -0.2) is 26.0 Å². The van der Waals surface area contributed by atoms with E-state index in [1.165, 1.54) is 18.2 Å². The molecular weight excluding hydrogens is 507 g/mol. The number of amides is 1. The van der Waals surface area contributed by atoms with Crippen LogP contribution < -0.4 is 10.0 Å². The monoisotopic (exact) mass is 526 g/mol. The van der Waals surface area contributed by atoms with Crippen molar-refractivity contribution in [3.8, 4) is 0 Å². The summed E-state index contributed by atoms with van der Waals surface area (Å²) >= 11 is 18.3. The van der Waals surface area contributed by atoms with Gasteiger partial charge in [-0.25, -0.2) is 13.1 Å². The van der Waals surface area contributed by atoms with E-state index < -0.39 is 28.6 Å². The van der Waals surface area contributed by atoms with E-state index in [9.17, 15) is 18.3 Å². The second-order valence-corrected chi connectivity index (χ2v) is 10.4. The zero-order valence-corrected chi connectivity index (χ0v) is 20.8. The van der Waals surface area contributed by atoms with E-state index >= 15 is 0 Å². The van der Waals surface area contributed by atoms with E-state index in [-0.39, 0.29) is 10.6 Å². The number of carbonyl (C=O) groups is 1. The van der Waals surface area contributed by atoms with Crippen molar-refractivity contribution in [2.75, 3.05) is 11.9 Å². The Bertz CT molecular complexity index is 1310. The first-order chi connectivity index (χ1) is 15.5. The lowest BCUT2D eigenvalue weighted by Crippen LogP contribution is -2.33. The van der Waals surface area contributed by atoms with E-state index in [4.69, 9.17) is 34.8 Å². The molecule has 0 aliphatic heterocycles. The molecule has 33 heavy (non-hydrogen) atoms. The highest BCUT2D eigenvalue weighted by atomic mass is 35.5. The van der Waals surface area contributed by atoms with Crippen molar-refractivity contribution in [1.29, 1.82) is 0 Å². The molecule has 3 N–H and O–H groups in total. The minimum Gasteiger partial charge on any atom is -0.384 e. The van der Waals surface area contributed by atoms with E-state index in [0.29, 0.717) is 37.3 Å². The molecule has 0 aromatic heterocycles. The van der Waals surface area contributed by atoms with E-state index in [1.807, 2.05) is 0 Å². The Balaban J connectivity index is 1.79. The van der Waals surface area contributed by atoms with Crippen LogP contribution in [0.25, 0.3) is 0 Å². The number of benzene rings is 3. The molecule has 0 fully saturated rings. The van der Waals surface area contributed by atoms with Gasteiger partial charge < -0.3 is 10.4 Å². The summed E-state index contributed by atoms with van der Waals surface area (Å²) in [5.74, 6) is -0.628. The number of sulfonamides is 1. The summed E-state index contributed by atoms with van der Waals surface area (Å²) in [6.07, 6.45) is -1.16. The Kier molecular flexibility index (Phi) is 8.05. The van der Waals surface area contributed by atoms with Gasteiger partial charge in [-0.05, 0) is 61.4 Å². The molecule has 1 atom stereocenters. The summed E-state index contributed by atoms with van der Waals surface area (Å²) in [6.45, 7) is 2.80. The quantitative estimate of drug-likeness (QED) is 0.390. The predicted molar refractivity (Wildman–Crippen MR) is 132 cm³/mol. The average Bonchev–Trinajstić information content (AvgIpc) is 2.76. The third-order valence-corrected chi connectivity index (χ3v) is 7.48. The fourth-order valence-corrected chi connectivity index (χ4v) is 5.14. The molecule has 3 rings (SSSR count). The average molecular weight is 528 g/mol. The summed E-state index contributed by atoms with van der Waals surface area (Å²) in [5, 5.41) is 14.6. The van der Waals surface area contributed by atoms with Gasteiger partial charge in [0.15, 0.2) is 0 Å². The van der Waals surface area contributed by atoms with Gasteiger partial charge in [0.2, 0.25) is 15.9 Å². The van der Waals surface area contributed by atoms with Crippen LogP contribution in [0.1, 0.15) is 28.4 Å². The smallest absolute Gasteiger partial charge is 0.241 e. The summed E-state index contributed by atoms with van der Waals surface area (Å²) in [4.78, 5) is 12.6. The van der Waals surface area contributed by atoms with Crippen molar-refractivity contribution < 1.29 is 18.3 Å². The lowest BCUT2D eigenvalue weighted by Gasteiger charge is -2.18. The molecule has 10 heteroatoms. The minimum absolute atomic E-state index is 0.0403. The molecule has 6 nitrogen and oxygen atoms in total. The minimum atomic E-state index is -3.96. The molecule has 1 amide bonds. The number of anilines is 1. The molecule has 3 aromatic rings. The lowest BCUT2D eigenvalue weighted by molar-refractivity contribution is -0.115. The summed E-state index contributed by atoms with van der Waals surface area (Å²) in [7, 11) is -3.96. The Hall–Kier alpha value is -2.13. The van der Waals surface area contributed by atoms with Gasteiger partial charge in [0.1, 0.15) is 6.10 Å². The molecule has 1 unspecified atom stereocenters. The maximum absolute atomic E-state index is 12.7. The largest absolute Gasteiger partial charge is 0.384 e. The molecule has 0 saturated heterocycles. The number of aliphatic hydroxyl groups is 1. The van der Waals surface area contributed by atoms with Gasteiger partial charge in [-0.1, -0.05) is 53.0 Å². The number of hydrogen-bond acceptors (Lipinski definition) is 4. The molecule has 0 heterocycles. The van der Waals surface area contributed by atoms with Crippen molar-refractivity contribution in [1.82, 2.24) is 4.72 Å². The van der Waals surface area contributed by atoms with Crippen molar-refractivity contribution in [2.24, 2.45) is 0 Å². The summed E-state index contributed by atoms with van der Waals surface area (Å²) in [6, 6.07) is 14.3.